The van der Waals surface area contributed by atoms with Gasteiger partial charge in [0.15, 0.2) is 0 Å². The molecule has 1 saturated heterocycles. The number of amides is 1. The van der Waals surface area contributed by atoms with Crippen molar-refractivity contribution in [1.29, 1.82) is 0 Å². The van der Waals surface area contributed by atoms with Crippen LogP contribution in [0.15, 0.2) is 0 Å². The van der Waals surface area contributed by atoms with Crippen LogP contribution >= 0.6 is 0 Å². The van der Waals surface area contributed by atoms with Crippen molar-refractivity contribution in [2.45, 2.75) is 58.9 Å². The average Bonchev–Trinajstić information content (AvgIpc) is 2.62. The van der Waals surface area contributed by atoms with E-state index in [1.165, 1.54) is 0 Å². The van der Waals surface area contributed by atoms with Crippen LogP contribution < -0.4 is 0 Å². The summed E-state index contributed by atoms with van der Waals surface area (Å²) in [4.78, 5) is 27.5. The maximum atomic E-state index is 12.5. The number of esters is 1. The standard InChI is InChI=1S/C16H30N2O5/c1-8-21-13(19)10-17(7)9-12-11-22-16(5,6)18(12)14(20)23-15(2,3)4/h12H,8-11H2,1-7H3. The Bertz CT molecular complexity index is 431. The van der Waals surface area contributed by atoms with Crippen molar-refractivity contribution in [3.05, 3.63) is 0 Å². The molecular formula is C16H30N2O5. The lowest BCUT2D eigenvalue weighted by Crippen LogP contribution is -2.52. The predicted molar refractivity (Wildman–Crippen MR) is 86.0 cm³/mol. The quantitative estimate of drug-likeness (QED) is 0.717. The van der Waals surface area contributed by atoms with Gasteiger partial charge in [0, 0.05) is 6.54 Å². The zero-order chi connectivity index (χ0) is 17.8. The summed E-state index contributed by atoms with van der Waals surface area (Å²) >= 11 is 0. The van der Waals surface area contributed by atoms with Gasteiger partial charge in [0.1, 0.15) is 11.3 Å². The zero-order valence-electron chi connectivity index (χ0n) is 15.3. The first-order valence-electron chi connectivity index (χ1n) is 7.96. The van der Waals surface area contributed by atoms with Gasteiger partial charge in [-0.25, -0.2) is 4.79 Å². The fourth-order valence-electron chi connectivity index (χ4n) is 2.55. The van der Waals surface area contributed by atoms with Crippen LogP contribution in [0.25, 0.3) is 0 Å². The van der Waals surface area contributed by atoms with Crippen LogP contribution in [0.5, 0.6) is 0 Å². The van der Waals surface area contributed by atoms with Gasteiger partial charge in [0.05, 0.1) is 25.8 Å². The average molecular weight is 330 g/mol. The molecule has 0 aromatic carbocycles. The zero-order valence-corrected chi connectivity index (χ0v) is 15.3. The molecule has 0 N–H and O–H groups in total. The molecule has 1 heterocycles. The molecule has 0 bridgehead atoms. The van der Waals surface area contributed by atoms with Gasteiger partial charge < -0.3 is 14.2 Å². The number of carbonyl (C=O) groups is 2. The van der Waals surface area contributed by atoms with Gasteiger partial charge >= 0.3 is 12.1 Å². The highest BCUT2D eigenvalue weighted by atomic mass is 16.6. The predicted octanol–water partition coefficient (Wildman–Crippen LogP) is 1.85. The van der Waals surface area contributed by atoms with E-state index in [0.29, 0.717) is 19.8 Å². The molecule has 134 valence electrons. The van der Waals surface area contributed by atoms with Gasteiger partial charge in [0.25, 0.3) is 0 Å². The van der Waals surface area contributed by atoms with Gasteiger partial charge in [-0.05, 0) is 48.6 Å². The number of rotatable bonds is 5. The van der Waals surface area contributed by atoms with Crippen molar-refractivity contribution in [3.63, 3.8) is 0 Å². The minimum atomic E-state index is -0.738. The van der Waals surface area contributed by atoms with Gasteiger partial charge in [-0.1, -0.05) is 0 Å². The Balaban J connectivity index is 2.73. The Morgan fingerprint density at radius 1 is 1.35 bits per heavy atom. The first-order valence-corrected chi connectivity index (χ1v) is 7.96. The van der Waals surface area contributed by atoms with E-state index in [4.69, 9.17) is 14.2 Å². The fourth-order valence-corrected chi connectivity index (χ4v) is 2.55. The van der Waals surface area contributed by atoms with Gasteiger partial charge in [-0.2, -0.15) is 0 Å². The topological polar surface area (TPSA) is 68.3 Å². The molecule has 1 aliphatic rings. The summed E-state index contributed by atoms with van der Waals surface area (Å²) in [5.74, 6) is -0.281. The molecule has 0 spiro atoms. The molecular weight excluding hydrogens is 300 g/mol. The van der Waals surface area contributed by atoms with Gasteiger partial charge in [-0.3, -0.25) is 14.6 Å². The SMILES string of the molecule is CCOC(=O)CN(C)CC1COC(C)(C)N1C(=O)OC(C)(C)C. The lowest BCUT2D eigenvalue weighted by atomic mass is 10.2. The largest absolute Gasteiger partial charge is 0.465 e. The van der Waals surface area contributed by atoms with E-state index in [2.05, 4.69) is 0 Å². The van der Waals surface area contributed by atoms with Crippen molar-refractivity contribution >= 4 is 12.1 Å². The highest BCUT2D eigenvalue weighted by molar-refractivity contribution is 5.71. The second-order valence-electron chi connectivity index (χ2n) is 7.26. The van der Waals surface area contributed by atoms with Gasteiger partial charge in [-0.15, -0.1) is 0 Å². The molecule has 7 nitrogen and oxygen atoms in total. The van der Waals surface area contributed by atoms with Crippen molar-refractivity contribution in [3.8, 4) is 0 Å². The highest BCUT2D eigenvalue weighted by Crippen LogP contribution is 2.29. The molecule has 23 heavy (non-hydrogen) atoms. The van der Waals surface area contributed by atoms with Crippen molar-refractivity contribution in [1.82, 2.24) is 9.80 Å². The smallest absolute Gasteiger partial charge is 0.412 e. The van der Waals surface area contributed by atoms with Crippen LogP contribution in [-0.2, 0) is 19.0 Å². The Morgan fingerprint density at radius 3 is 2.48 bits per heavy atom. The Labute approximate surface area is 138 Å². The molecule has 1 aliphatic heterocycles. The monoisotopic (exact) mass is 330 g/mol. The molecule has 0 aromatic heterocycles. The number of hydrogen-bond acceptors (Lipinski definition) is 6. The van der Waals surface area contributed by atoms with Gasteiger partial charge in [0.2, 0.25) is 0 Å². The summed E-state index contributed by atoms with van der Waals surface area (Å²) in [6, 6.07) is -0.181. The third-order valence-corrected chi connectivity index (χ3v) is 3.39. The highest BCUT2D eigenvalue weighted by Gasteiger charge is 2.45. The molecule has 0 radical (unpaired) electrons. The number of hydrogen-bond donors (Lipinski definition) is 0. The Kier molecular flexibility index (Phi) is 6.41. The maximum absolute atomic E-state index is 12.5. The Morgan fingerprint density at radius 2 is 1.96 bits per heavy atom. The minimum Gasteiger partial charge on any atom is -0.465 e. The molecule has 0 aliphatic carbocycles. The third-order valence-electron chi connectivity index (χ3n) is 3.39. The van der Waals surface area contributed by atoms with Crippen LogP contribution in [-0.4, -0.2) is 72.6 Å². The maximum Gasteiger partial charge on any atom is 0.412 e. The fraction of sp³-hybridized carbons (Fsp3) is 0.875. The van der Waals surface area contributed by atoms with E-state index in [1.54, 1.807) is 11.8 Å². The second-order valence-corrected chi connectivity index (χ2v) is 7.26. The summed E-state index contributed by atoms with van der Waals surface area (Å²) in [6.07, 6.45) is -0.408. The molecule has 1 amide bonds. The molecule has 1 rings (SSSR count). The third kappa shape index (κ3) is 5.99. The molecule has 1 unspecified atom stereocenters. The van der Waals surface area contributed by atoms with Crippen molar-refractivity contribution in [2.24, 2.45) is 0 Å². The number of carbonyl (C=O) groups excluding carboxylic acids is 2. The van der Waals surface area contributed by atoms with E-state index in [1.807, 2.05) is 46.6 Å². The van der Waals surface area contributed by atoms with E-state index >= 15 is 0 Å². The van der Waals surface area contributed by atoms with Crippen LogP contribution in [0.1, 0.15) is 41.5 Å². The van der Waals surface area contributed by atoms with Crippen molar-refractivity contribution < 1.29 is 23.8 Å². The summed E-state index contributed by atoms with van der Waals surface area (Å²) in [5, 5.41) is 0. The lowest BCUT2D eigenvalue weighted by molar-refractivity contribution is -0.144. The first-order chi connectivity index (χ1) is 10.5. The first kappa shape index (κ1) is 19.7. The molecule has 0 aromatic rings. The normalized spacial score (nSPS) is 20.7. The van der Waals surface area contributed by atoms with Crippen LogP contribution in [0.2, 0.25) is 0 Å². The van der Waals surface area contributed by atoms with Crippen LogP contribution in [0.4, 0.5) is 4.79 Å². The van der Waals surface area contributed by atoms with E-state index in [0.717, 1.165) is 0 Å². The van der Waals surface area contributed by atoms with Crippen LogP contribution in [0.3, 0.4) is 0 Å². The molecule has 7 heteroatoms. The van der Waals surface area contributed by atoms with E-state index < -0.39 is 17.4 Å². The molecule has 1 fully saturated rings. The van der Waals surface area contributed by atoms with Crippen molar-refractivity contribution in [2.75, 3.05) is 33.4 Å². The second kappa shape index (κ2) is 7.49. The number of likely N-dealkylation sites (N-methyl/N-ethyl adjacent to an activating group) is 1. The molecule has 0 saturated carbocycles. The Hall–Kier alpha value is -1.34. The number of ether oxygens (including phenoxy) is 3. The summed E-state index contributed by atoms with van der Waals surface area (Å²) < 4.78 is 16.2. The van der Waals surface area contributed by atoms with E-state index in [-0.39, 0.29) is 18.6 Å². The summed E-state index contributed by atoms with van der Waals surface area (Å²) in [7, 11) is 1.81. The number of nitrogens with zero attached hydrogens (tertiary/aromatic N) is 2. The summed E-state index contributed by atoms with van der Waals surface area (Å²) in [5.41, 5.74) is -1.31. The van der Waals surface area contributed by atoms with Crippen LogP contribution in [0, 0.1) is 0 Å². The molecule has 1 atom stereocenters. The van der Waals surface area contributed by atoms with E-state index in [9.17, 15) is 9.59 Å². The lowest BCUT2D eigenvalue weighted by Gasteiger charge is -2.36. The summed E-state index contributed by atoms with van der Waals surface area (Å²) in [6.45, 7) is 12.4. The minimum absolute atomic E-state index is 0.174.